The second-order valence-corrected chi connectivity index (χ2v) is 10.9. The number of halogens is 2. The Kier molecular flexibility index (Phi) is 9.61. The molecule has 0 aliphatic rings. The van der Waals surface area contributed by atoms with E-state index in [4.69, 9.17) is 32.7 Å². The summed E-state index contributed by atoms with van der Waals surface area (Å²) in [5.41, 5.74) is 3.37. The van der Waals surface area contributed by atoms with Gasteiger partial charge in [-0.1, -0.05) is 35.3 Å². The molecular weight excluding hydrogens is 589 g/mol. The molecule has 0 aliphatic heterocycles. The van der Waals surface area contributed by atoms with Gasteiger partial charge in [0.05, 0.1) is 34.5 Å². The molecule has 4 rings (SSSR count). The van der Waals surface area contributed by atoms with E-state index in [9.17, 15) is 18.0 Å². The molecule has 0 heterocycles. The first-order chi connectivity index (χ1) is 19.7. The number of amides is 1. The van der Waals surface area contributed by atoms with Gasteiger partial charge in [-0.25, -0.2) is 18.6 Å². The minimum absolute atomic E-state index is 0.0115. The summed E-state index contributed by atoms with van der Waals surface area (Å²) in [4.78, 5) is 25.4. The number of nitrogens with zero attached hydrogens (tertiary/aromatic N) is 1. The molecule has 0 spiro atoms. The van der Waals surface area contributed by atoms with E-state index in [2.05, 4.69) is 15.2 Å². The Morgan fingerprint density at radius 2 is 1.54 bits per heavy atom. The lowest BCUT2D eigenvalue weighted by atomic mass is 10.2. The number of anilines is 1. The third-order valence-electron chi connectivity index (χ3n) is 5.47. The highest BCUT2D eigenvalue weighted by Gasteiger charge is 2.19. The van der Waals surface area contributed by atoms with Crippen LogP contribution in [0.5, 0.6) is 11.5 Å². The predicted octanol–water partition coefficient (Wildman–Crippen LogP) is 6.18. The van der Waals surface area contributed by atoms with E-state index in [1.54, 1.807) is 61.5 Å². The monoisotopic (exact) mass is 611 g/mol. The molecule has 1 amide bonds. The molecule has 9 nitrogen and oxygen atoms in total. The number of para-hydroxylation sites is 1. The van der Waals surface area contributed by atoms with Crippen LogP contribution in [0.15, 0.2) is 101 Å². The zero-order valence-corrected chi connectivity index (χ0v) is 23.8. The van der Waals surface area contributed by atoms with Gasteiger partial charge >= 0.3 is 5.97 Å². The first-order valence-corrected chi connectivity index (χ1v) is 14.4. The van der Waals surface area contributed by atoms with Crippen molar-refractivity contribution in [2.24, 2.45) is 5.10 Å². The number of rotatable bonds is 10. The van der Waals surface area contributed by atoms with E-state index in [0.29, 0.717) is 33.5 Å². The third-order valence-corrected chi connectivity index (χ3v) is 7.36. The molecule has 0 fully saturated rings. The number of benzene rings is 4. The minimum Gasteiger partial charge on any atom is -0.490 e. The molecule has 210 valence electrons. The first kappa shape index (κ1) is 29.6. The Labute approximate surface area is 246 Å². The van der Waals surface area contributed by atoms with Gasteiger partial charge in [-0.2, -0.15) is 5.10 Å². The van der Waals surface area contributed by atoms with Gasteiger partial charge in [0, 0.05) is 10.0 Å². The smallest absolute Gasteiger partial charge is 0.343 e. The number of hydrazone groups is 1. The largest absolute Gasteiger partial charge is 0.490 e. The summed E-state index contributed by atoms with van der Waals surface area (Å²) in [5, 5.41) is 4.87. The van der Waals surface area contributed by atoms with Gasteiger partial charge in [-0.3, -0.25) is 9.52 Å². The quantitative estimate of drug-likeness (QED) is 0.0955. The average Bonchev–Trinajstić information content (AvgIpc) is 2.95. The Hall–Kier alpha value is -4.38. The van der Waals surface area contributed by atoms with Crippen LogP contribution < -0.4 is 19.6 Å². The highest BCUT2D eigenvalue weighted by molar-refractivity contribution is 7.92. The standard InChI is InChI=1S/C29H23Cl2N3O6S/c1-2-39-27-17-19(7-16-26(27)40-29(36)20-8-10-21(30)11-9-20)18-32-33-28(35)24-5-3-4-6-25(24)34-41(37,38)23-14-12-22(31)13-15-23/h3-18,34H,2H2,1H3,(H,33,35)/b32-18+. The van der Waals surface area contributed by atoms with Crippen LogP contribution in [-0.2, 0) is 10.0 Å². The Morgan fingerprint density at radius 3 is 2.22 bits per heavy atom. The Bertz CT molecular complexity index is 1690. The number of nitrogens with one attached hydrogen (secondary N) is 2. The van der Waals surface area contributed by atoms with Gasteiger partial charge in [0.2, 0.25) is 0 Å². The minimum atomic E-state index is -3.98. The van der Waals surface area contributed by atoms with Crippen LogP contribution in [0.2, 0.25) is 10.0 Å². The van der Waals surface area contributed by atoms with Crippen molar-refractivity contribution in [1.29, 1.82) is 0 Å². The molecular formula is C29H23Cl2N3O6S. The van der Waals surface area contributed by atoms with Gasteiger partial charge in [0.15, 0.2) is 11.5 Å². The Morgan fingerprint density at radius 1 is 0.878 bits per heavy atom. The second-order valence-electron chi connectivity index (χ2n) is 8.34. The summed E-state index contributed by atoms with van der Waals surface area (Å²) in [7, 11) is -3.98. The molecule has 0 aromatic heterocycles. The number of esters is 1. The molecule has 0 unspecified atom stereocenters. The molecule has 0 saturated carbocycles. The van der Waals surface area contributed by atoms with Crippen LogP contribution in [0.1, 0.15) is 33.2 Å². The highest BCUT2D eigenvalue weighted by atomic mass is 35.5. The van der Waals surface area contributed by atoms with Crippen molar-refractivity contribution in [2.75, 3.05) is 11.3 Å². The van der Waals surface area contributed by atoms with Crippen LogP contribution >= 0.6 is 23.2 Å². The van der Waals surface area contributed by atoms with E-state index in [0.717, 1.165) is 0 Å². The van der Waals surface area contributed by atoms with Crippen molar-refractivity contribution in [3.8, 4) is 11.5 Å². The zero-order chi connectivity index (χ0) is 29.4. The molecule has 4 aromatic rings. The van der Waals surface area contributed by atoms with Crippen molar-refractivity contribution in [2.45, 2.75) is 11.8 Å². The maximum atomic E-state index is 12.9. The number of carbonyl (C=O) groups is 2. The molecule has 4 aromatic carbocycles. The molecule has 0 atom stereocenters. The van der Waals surface area contributed by atoms with Crippen molar-refractivity contribution in [3.05, 3.63) is 118 Å². The molecule has 2 N–H and O–H groups in total. The highest BCUT2D eigenvalue weighted by Crippen LogP contribution is 2.29. The lowest BCUT2D eigenvalue weighted by Crippen LogP contribution is -2.21. The zero-order valence-electron chi connectivity index (χ0n) is 21.5. The summed E-state index contributed by atoms with van der Waals surface area (Å²) in [5.74, 6) is -0.724. The van der Waals surface area contributed by atoms with Gasteiger partial charge < -0.3 is 9.47 Å². The summed E-state index contributed by atoms with van der Waals surface area (Å²) >= 11 is 11.7. The maximum absolute atomic E-state index is 12.9. The van der Waals surface area contributed by atoms with Gasteiger partial charge in [-0.05, 0) is 91.3 Å². The van der Waals surface area contributed by atoms with Crippen molar-refractivity contribution >= 4 is 57.0 Å². The van der Waals surface area contributed by atoms with E-state index < -0.39 is 21.9 Å². The summed E-state index contributed by atoms with van der Waals surface area (Å²) in [6.45, 7) is 2.09. The summed E-state index contributed by atoms with van der Waals surface area (Å²) in [6.07, 6.45) is 1.37. The van der Waals surface area contributed by atoms with Crippen molar-refractivity contribution in [1.82, 2.24) is 5.43 Å². The van der Waals surface area contributed by atoms with Crippen LogP contribution in [0, 0.1) is 0 Å². The van der Waals surface area contributed by atoms with Crippen LogP contribution in [-0.4, -0.2) is 33.1 Å². The Balaban J connectivity index is 1.46. The van der Waals surface area contributed by atoms with E-state index in [-0.39, 0.29) is 21.9 Å². The van der Waals surface area contributed by atoms with Crippen LogP contribution in [0.4, 0.5) is 5.69 Å². The van der Waals surface area contributed by atoms with Crippen molar-refractivity contribution in [3.63, 3.8) is 0 Å². The third kappa shape index (κ3) is 7.85. The number of carbonyl (C=O) groups excluding carboxylic acids is 2. The molecule has 0 aliphatic carbocycles. The summed E-state index contributed by atoms with van der Waals surface area (Å²) < 4.78 is 39.1. The van der Waals surface area contributed by atoms with Gasteiger partial charge in [0.1, 0.15) is 0 Å². The number of ether oxygens (including phenoxy) is 2. The summed E-state index contributed by atoms with van der Waals surface area (Å²) in [6, 6.07) is 22.8. The first-order valence-electron chi connectivity index (χ1n) is 12.1. The fourth-order valence-electron chi connectivity index (χ4n) is 3.52. The fraction of sp³-hybridized carbons (Fsp3) is 0.0690. The number of hydrogen-bond acceptors (Lipinski definition) is 7. The molecule has 41 heavy (non-hydrogen) atoms. The van der Waals surface area contributed by atoms with Crippen LogP contribution in [0.25, 0.3) is 0 Å². The number of hydrogen-bond donors (Lipinski definition) is 2. The molecule has 0 radical (unpaired) electrons. The molecule has 0 saturated heterocycles. The van der Waals surface area contributed by atoms with Crippen LogP contribution in [0.3, 0.4) is 0 Å². The lowest BCUT2D eigenvalue weighted by Gasteiger charge is -2.12. The SMILES string of the molecule is CCOc1cc(/C=N/NC(=O)c2ccccc2NS(=O)(=O)c2ccc(Cl)cc2)ccc1OC(=O)c1ccc(Cl)cc1. The topological polar surface area (TPSA) is 123 Å². The van der Waals surface area contributed by atoms with Gasteiger partial charge in [-0.15, -0.1) is 0 Å². The fourth-order valence-corrected chi connectivity index (χ4v) is 4.85. The van der Waals surface area contributed by atoms with Crippen molar-refractivity contribution < 1.29 is 27.5 Å². The number of sulfonamides is 1. The average molecular weight is 612 g/mol. The maximum Gasteiger partial charge on any atom is 0.343 e. The van der Waals surface area contributed by atoms with E-state index >= 15 is 0 Å². The second kappa shape index (κ2) is 13.3. The lowest BCUT2D eigenvalue weighted by molar-refractivity contribution is 0.0728. The predicted molar refractivity (Wildman–Crippen MR) is 158 cm³/mol. The molecule has 12 heteroatoms. The molecule has 0 bridgehead atoms. The van der Waals surface area contributed by atoms with Gasteiger partial charge in [0.25, 0.3) is 15.9 Å². The normalized spacial score (nSPS) is 11.2. The van der Waals surface area contributed by atoms with E-state index in [1.165, 1.54) is 42.6 Å². The van der Waals surface area contributed by atoms with E-state index in [1.807, 2.05) is 0 Å².